The highest BCUT2D eigenvalue weighted by molar-refractivity contribution is 7.99. The van der Waals surface area contributed by atoms with Gasteiger partial charge in [-0.2, -0.15) is 0 Å². The number of anilines is 4. The molecule has 0 saturated heterocycles. The molecule has 0 bridgehead atoms. The van der Waals surface area contributed by atoms with Gasteiger partial charge in [0.15, 0.2) is 0 Å². The van der Waals surface area contributed by atoms with Crippen LogP contribution in [0.25, 0.3) is 21.8 Å². The highest BCUT2D eigenvalue weighted by atomic mass is 32.2. The number of rotatable bonds is 18. The van der Waals surface area contributed by atoms with Crippen molar-refractivity contribution in [3.63, 3.8) is 0 Å². The van der Waals surface area contributed by atoms with Crippen molar-refractivity contribution >= 4 is 91.7 Å². The third kappa shape index (κ3) is 12.4. The molecule has 2 aromatic heterocycles. The average molecular weight is 995 g/mol. The number of hydrogen-bond acceptors (Lipinski definition) is 10. The molecule has 2 atom stereocenters. The average Bonchev–Trinajstić information content (AvgIpc) is 3.95. The Labute approximate surface area is 424 Å². The Balaban J connectivity index is 1.16. The summed E-state index contributed by atoms with van der Waals surface area (Å²) >= 11 is 2.84. The van der Waals surface area contributed by atoms with Gasteiger partial charge in [0.2, 0.25) is 11.8 Å². The molecule has 0 aliphatic carbocycles. The summed E-state index contributed by atoms with van der Waals surface area (Å²) in [5, 5.41) is 11.3. The predicted molar refractivity (Wildman–Crippen MR) is 294 cm³/mol. The smallest absolute Gasteiger partial charge is 0.258 e. The molecule has 16 heteroatoms. The van der Waals surface area contributed by atoms with Gasteiger partial charge in [-0.05, 0) is 101 Å². The van der Waals surface area contributed by atoms with E-state index >= 15 is 0 Å². The van der Waals surface area contributed by atoms with Crippen molar-refractivity contribution in [1.82, 2.24) is 9.97 Å². The molecule has 13 N–H and O–H groups in total. The van der Waals surface area contributed by atoms with Crippen molar-refractivity contribution in [2.75, 3.05) is 52.5 Å². The molecule has 14 nitrogen and oxygen atoms in total. The summed E-state index contributed by atoms with van der Waals surface area (Å²) < 4.78 is 0. The molecule has 0 fully saturated rings. The van der Waals surface area contributed by atoms with Crippen LogP contribution in [-0.4, -0.2) is 77.3 Å². The zero-order chi connectivity index (χ0) is 51.2. The van der Waals surface area contributed by atoms with Crippen LogP contribution in [0.3, 0.4) is 0 Å². The van der Waals surface area contributed by atoms with Crippen molar-refractivity contribution in [2.45, 2.75) is 87.1 Å². The Bertz CT molecular complexity index is 3080. The summed E-state index contributed by atoms with van der Waals surface area (Å²) in [6.45, 7) is 13.0. The van der Waals surface area contributed by atoms with E-state index in [-0.39, 0.29) is 39.7 Å². The molecule has 2 heterocycles. The van der Waals surface area contributed by atoms with Crippen molar-refractivity contribution in [2.24, 2.45) is 22.9 Å². The zero-order valence-electron chi connectivity index (χ0n) is 41.5. The number of fused-ring (bicyclic) bond motifs is 2. The van der Waals surface area contributed by atoms with E-state index in [0.717, 1.165) is 44.1 Å². The second-order valence-electron chi connectivity index (χ2n) is 19.8. The van der Waals surface area contributed by atoms with Gasteiger partial charge in [0.25, 0.3) is 11.8 Å². The van der Waals surface area contributed by atoms with Gasteiger partial charge in [0, 0.05) is 77.0 Å². The number of carbonyl (C=O) groups excluding carboxylic acids is 4. The Kier molecular flexibility index (Phi) is 16.5. The van der Waals surface area contributed by atoms with Crippen LogP contribution in [0, 0.1) is 0 Å². The SMILES string of the molecule is CN(C(=O)c1cccc(C(=O)Nc2cc(C(C)(C)C)cc(NC(=O)[C@@H](N)Cc3c[nH]c4ccccc34)c2SCCN)c1)c1cc(C(C)(C)C)cc(NC(=O)C(N)Cc2c[nH]c3ccccc23)c1SCCN. The largest absolute Gasteiger partial charge is 0.361 e. The van der Waals surface area contributed by atoms with Crippen LogP contribution < -0.4 is 43.8 Å². The molecule has 0 aliphatic heterocycles. The Hall–Kier alpha value is -6.40. The number of carbonyl (C=O) groups is 4. The number of nitrogens with zero attached hydrogens (tertiary/aromatic N) is 1. The third-order valence-corrected chi connectivity index (χ3v) is 14.6. The third-order valence-electron chi connectivity index (χ3n) is 12.3. The lowest BCUT2D eigenvalue weighted by atomic mass is 9.86. The van der Waals surface area contributed by atoms with Gasteiger partial charge in [0.05, 0.1) is 44.6 Å². The molecule has 1 unspecified atom stereocenters. The second kappa shape index (κ2) is 22.4. The van der Waals surface area contributed by atoms with Crippen molar-refractivity contribution in [1.29, 1.82) is 0 Å². The van der Waals surface area contributed by atoms with Crippen LogP contribution in [0.15, 0.2) is 119 Å². The number of aromatic nitrogens is 2. The molecule has 7 rings (SSSR count). The molecular formula is C55H66N10O4S2. The molecule has 0 spiro atoms. The number of thioether (sulfide) groups is 2. The summed E-state index contributed by atoms with van der Waals surface area (Å²) in [7, 11) is 1.68. The van der Waals surface area contributed by atoms with Gasteiger partial charge >= 0.3 is 0 Å². The van der Waals surface area contributed by atoms with Gasteiger partial charge in [0.1, 0.15) is 0 Å². The number of aromatic amines is 2. The first-order chi connectivity index (χ1) is 33.8. The van der Waals surface area contributed by atoms with E-state index in [9.17, 15) is 19.2 Å². The summed E-state index contributed by atoms with van der Waals surface area (Å²) in [4.78, 5) is 66.2. The maximum Gasteiger partial charge on any atom is 0.258 e. The van der Waals surface area contributed by atoms with Crippen LogP contribution in [0.4, 0.5) is 22.7 Å². The van der Waals surface area contributed by atoms with Crippen LogP contribution >= 0.6 is 23.5 Å². The summed E-state index contributed by atoms with van der Waals surface area (Å²) in [6.07, 6.45) is 4.38. The van der Waals surface area contributed by atoms with Gasteiger partial charge < -0.3 is 53.8 Å². The topological polar surface area (TPSA) is 243 Å². The molecule has 0 aliphatic rings. The Morgan fingerprint density at radius 3 is 1.55 bits per heavy atom. The number of para-hydroxylation sites is 2. The summed E-state index contributed by atoms with van der Waals surface area (Å²) in [5.74, 6) is -0.568. The Morgan fingerprint density at radius 2 is 1.04 bits per heavy atom. The zero-order valence-corrected chi connectivity index (χ0v) is 43.1. The first-order valence-corrected chi connectivity index (χ1v) is 25.7. The highest BCUT2D eigenvalue weighted by Gasteiger charge is 2.28. The number of hydrogen-bond donors (Lipinski definition) is 9. The summed E-state index contributed by atoms with van der Waals surface area (Å²) in [6, 6.07) is 28.3. The quantitative estimate of drug-likeness (QED) is 0.0370. The van der Waals surface area contributed by atoms with Gasteiger partial charge in [-0.15, -0.1) is 23.5 Å². The van der Waals surface area contributed by atoms with E-state index in [0.29, 0.717) is 70.0 Å². The molecular weight excluding hydrogens is 929 g/mol. The van der Waals surface area contributed by atoms with Crippen molar-refractivity contribution in [3.8, 4) is 0 Å². The van der Waals surface area contributed by atoms with E-state index in [1.165, 1.54) is 23.5 Å². The Morgan fingerprint density at radius 1 is 0.592 bits per heavy atom. The maximum absolute atomic E-state index is 14.7. The molecule has 7 aromatic rings. The molecule has 0 radical (unpaired) electrons. The number of benzene rings is 5. The van der Waals surface area contributed by atoms with Crippen molar-refractivity contribution in [3.05, 3.63) is 143 Å². The molecule has 0 saturated carbocycles. The number of H-pyrrole nitrogens is 2. The minimum Gasteiger partial charge on any atom is -0.361 e. The lowest BCUT2D eigenvalue weighted by Crippen LogP contribution is -2.37. The molecule has 372 valence electrons. The maximum atomic E-state index is 14.7. The van der Waals surface area contributed by atoms with Gasteiger partial charge in [-0.1, -0.05) is 84.0 Å². The van der Waals surface area contributed by atoms with E-state index in [2.05, 4.69) is 67.5 Å². The highest BCUT2D eigenvalue weighted by Crippen LogP contribution is 2.42. The minimum absolute atomic E-state index is 0.241. The summed E-state index contributed by atoms with van der Waals surface area (Å²) in [5.41, 5.74) is 32.5. The lowest BCUT2D eigenvalue weighted by Gasteiger charge is -2.28. The van der Waals surface area contributed by atoms with Crippen LogP contribution in [0.5, 0.6) is 0 Å². The lowest BCUT2D eigenvalue weighted by molar-refractivity contribution is -0.118. The monoisotopic (exact) mass is 994 g/mol. The van der Waals surface area contributed by atoms with Crippen LogP contribution in [0.2, 0.25) is 0 Å². The molecule has 4 amide bonds. The van der Waals surface area contributed by atoms with Gasteiger partial charge in [-0.3, -0.25) is 19.2 Å². The van der Waals surface area contributed by atoms with E-state index in [1.54, 1.807) is 36.2 Å². The normalized spacial score (nSPS) is 12.7. The van der Waals surface area contributed by atoms with Crippen LogP contribution in [-0.2, 0) is 33.3 Å². The fourth-order valence-electron chi connectivity index (χ4n) is 8.27. The standard InChI is InChI=1S/C55H66N10O4S2/c1-54(2,3)36-26-44(48(70-21-19-56)45(27-36)63-51(67)40(58)24-34-30-60-42-17-10-8-15-38(34)42)62-50(66)32-13-12-14-33(23-32)53(69)65(7)47-29-37(55(4,5)6)28-46(49(47)71-22-20-57)64-52(68)41(59)25-35-31-61-43-18-11-9-16-39(35)43/h8-18,23,26-31,40-41,60-61H,19-22,24-25,56-59H2,1-7H3,(H,62,66)(H,63,67)(H,64,68)/t40-,41?/m0/s1. The number of nitrogens with one attached hydrogen (secondary N) is 5. The van der Waals surface area contributed by atoms with Crippen LogP contribution in [0.1, 0.15) is 84.5 Å². The first-order valence-electron chi connectivity index (χ1n) is 23.7. The number of amides is 4. The fraction of sp³-hybridized carbons (Fsp3) is 0.309. The van der Waals surface area contributed by atoms with E-state index in [4.69, 9.17) is 22.9 Å². The first kappa shape index (κ1) is 52.4. The molecule has 71 heavy (non-hydrogen) atoms. The second-order valence-corrected chi connectivity index (χ2v) is 22.0. The van der Waals surface area contributed by atoms with E-state index in [1.807, 2.05) is 85.2 Å². The van der Waals surface area contributed by atoms with Crippen molar-refractivity contribution < 1.29 is 19.2 Å². The fourth-order valence-corrected chi connectivity index (χ4v) is 10.1. The van der Waals surface area contributed by atoms with E-state index < -0.39 is 18.0 Å². The number of nitrogens with two attached hydrogens (primary N) is 4. The minimum atomic E-state index is -0.868. The van der Waals surface area contributed by atoms with Gasteiger partial charge in [-0.25, -0.2) is 0 Å². The predicted octanol–water partition coefficient (Wildman–Crippen LogP) is 8.89. The molecule has 5 aromatic carbocycles.